The minimum atomic E-state index is -0.148. The van der Waals surface area contributed by atoms with E-state index in [4.69, 9.17) is 4.74 Å². The van der Waals surface area contributed by atoms with E-state index in [9.17, 15) is 4.79 Å². The third-order valence-electron chi connectivity index (χ3n) is 2.89. The van der Waals surface area contributed by atoms with Crippen molar-refractivity contribution in [3.63, 3.8) is 0 Å². The molecular formula is C15H16BrN3O2. The summed E-state index contributed by atoms with van der Waals surface area (Å²) in [4.78, 5) is 22.7. The fraction of sp³-hybridized carbons (Fsp3) is 0.267. The van der Waals surface area contributed by atoms with Crippen molar-refractivity contribution in [2.45, 2.75) is 6.54 Å². The third-order valence-corrected chi connectivity index (χ3v) is 3.53. The van der Waals surface area contributed by atoms with Crippen LogP contribution in [0.5, 0.6) is 0 Å². The molecule has 6 heteroatoms. The Morgan fingerprint density at radius 1 is 1.24 bits per heavy atom. The molecule has 0 fully saturated rings. The van der Waals surface area contributed by atoms with Gasteiger partial charge in [0.05, 0.1) is 18.8 Å². The SMILES string of the molecule is COCCN(Cc1ccccn1)C(=O)c1ncccc1Br. The molecule has 1 amide bonds. The van der Waals surface area contributed by atoms with Crippen LogP contribution in [0.4, 0.5) is 0 Å². The maximum Gasteiger partial charge on any atom is 0.274 e. The Morgan fingerprint density at radius 3 is 2.71 bits per heavy atom. The molecule has 0 atom stereocenters. The molecule has 5 nitrogen and oxygen atoms in total. The molecular weight excluding hydrogens is 334 g/mol. The topological polar surface area (TPSA) is 55.3 Å². The van der Waals surface area contributed by atoms with Crippen molar-refractivity contribution in [2.24, 2.45) is 0 Å². The predicted octanol–water partition coefficient (Wildman–Crippen LogP) is 2.53. The summed E-state index contributed by atoms with van der Waals surface area (Å²) in [5.74, 6) is -0.148. The van der Waals surface area contributed by atoms with Gasteiger partial charge in [0, 0.05) is 30.5 Å². The number of nitrogens with zero attached hydrogens (tertiary/aromatic N) is 3. The molecule has 0 saturated carbocycles. The van der Waals surface area contributed by atoms with E-state index in [0.29, 0.717) is 29.9 Å². The number of carbonyl (C=O) groups excluding carboxylic acids is 1. The lowest BCUT2D eigenvalue weighted by Gasteiger charge is -2.22. The molecule has 0 aliphatic rings. The molecule has 0 spiro atoms. The zero-order chi connectivity index (χ0) is 15.1. The molecule has 0 bridgehead atoms. The van der Waals surface area contributed by atoms with Crippen LogP contribution in [0, 0.1) is 0 Å². The fourth-order valence-electron chi connectivity index (χ4n) is 1.83. The van der Waals surface area contributed by atoms with Gasteiger partial charge in [-0.3, -0.25) is 9.78 Å². The van der Waals surface area contributed by atoms with Crippen LogP contribution < -0.4 is 0 Å². The number of pyridine rings is 2. The molecule has 0 aliphatic carbocycles. The van der Waals surface area contributed by atoms with Crippen molar-refractivity contribution in [2.75, 3.05) is 20.3 Å². The molecule has 2 aromatic heterocycles. The van der Waals surface area contributed by atoms with Crippen molar-refractivity contribution in [3.8, 4) is 0 Å². The van der Waals surface area contributed by atoms with Crippen LogP contribution >= 0.6 is 15.9 Å². The number of halogens is 1. The molecule has 0 N–H and O–H groups in total. The first-order valence-corrected chi connectivity index (χ1v) is 7.30. The maximum atomic E-state index is 12.6. The molecule has 2 rings (SSSR count). The monoisotopic (exact) mass is 349 g/mol. The van der Waals surface area contributed by atoms with Crippen LogP contribution in [0.1, 0.15) is 16.2 Å². The number of rotatable bonds is 6. The zero-order valence-electron chi connectivity index (χ0n) is 11.7. The lowest BCUT2D eigenvalue weighted by molar-refractivity contribution is 0.0671. The summed E-state index contributed by atoms with van der Waals surface area (Å²) in [6.45, 7) is 1.37. The predicted molar refractivity (Wildman–Crippen MR) is 82.8 cm³/mol. The second kappa shape index (κ2) is 7.85. The van der Waals surface area contributed by atoms with E-state index in [1.807, 2.05) is 18.2 Å². The van der Waals surface area contributed by atoms with Crippen LogP contribution in [0.3, 0.4) is 0 Å². The van der Waals surface area contributed by atoms with Gasteiger partial charge in [0.15, 0.2) is 0 Å². The molecule has 0 aromatic carbocycles. The van der Waals surface area contributed by atoms with E-state index in [1.165, 1.54) is 0 Å². The first-order chi connectivity index (χ1) is 10.2. The van der Waals surface area contributed by atoms with Gasteiger partial charge in [0.2, 0.25) is 0 Å². The number of ether oxygens (including phenoxy) is 1. The van der Waals surface area contributed by atoms with Crippen LogP contribution in [0.15, 0.2) is 47.2 Å². The molecule has 21 heavy (non-hydrogen) atoms. The third kappa shape index (κ3) is 4.34. The number of methoxy groups -OCH3 is 1. The van der Waals surface area contributed by atoms with Crippen LogP contribution in [-0.4, -0.2) is 41.0 Å². The van der Waals surface area contributed by atoms with Crippen LogP contribution in [-0.2, 0) is 11.3 Å². The largest absolute Gasteiger partial charge is 0.383 e. The second-order valence-corrected chi connectivity index (χ2v) is 5.23. The summed E-state index contributed by atoms with van der Waals surface area (Å²) in [7, 11) is 1.61. The highest BCUT2D eigenvalue weighted by molar-refractivity contribution is 9.10. The molecule has 0 unspecified atom stereocenters. The van der Waals surface area contributed by atoms with Crippen molar-refractivity contribution in [3.05, 3.63) is 58.6 Å². The Hall–Kier alpha value is -1.79. The number of carbonyl (C=O) groups is 1. The summed E-state index contributed by atoms with van der Waals surface area (Å²) < 4.78 is 5.76. The summed E-state index contributed by atoms with van der Waals surface area (Å²) >= 11 is 3.36. The van der Waals surface area contributed by atoms with E-state index >= 15 is 0 Å². The Morgan fingerprint density at radius 2 is 2.05 bits per heavy atom. The minimum Gasteiger partial charge on any atom is -0.383 e. The quantitative estimate of drug-likeness (QED) is 0.803. The van der Waals surface area contributed by atoms with E-state index < -0.39 is 0 Å². The van der Waals surface area contributed by atoms with Gasteiger partial charge in [-0.05, 0) is 40.2 Å². The molecule has 0 saturated heterocycles. The minimum absolute atomic E-state index is 0.148. The Bertz CT molecular complexity index is 592. The molecule has 0 radical (unpaired) electrons. The standard InChI is InChI=1S/C15H16BrN3O2/c1-21-10-9-19(11-12-5-2-3-7-17-12)15(20)14-13(16)6-4-8-18-14/h2-8H,9-11H2,1H3. The van der Waals surface area contributed by atoms with E-state index in [0.717, 1.165) is 5.69 Å². The fourth-order valence-corrected chi connectivity index (χ4v) is 2.26. The average Bonchev–Trinajstić information content (AvgIpc) is 2.52. The first kappa shape index (κ1) is 15.6. The van der Waals surface area contributed by atoms with Crippen LogP contribution in [0.25, 0.3) is 0 Å². The smallest absolute Gasteiger partial charge is 0.274 e. The number of hydrogen-bond donors (Lipinski definition) is 0. The zero-order valence-corrected chi connectivity index (χ0v) is 13.3. The summed E-state index contributed by atoms with van der Waals surface area (Å²) in [6.07, 6.45) is 3.32. The van der Waals surface area contributed by atoms with Gasteiger partial charge in [-0.1, -0.05) is 6.07 Å². The van der Waals surface area contributed by atoms with E-state index in [1.54, 1.807) is 36.5 Å². The summed E-state index contributed by atoms with van der Waals surface area (Å²) in [5.41, 5.74) is 1.22. The van der Waals surface area contributed by atoms with Gasteiger partial charge in [0.25, 0.3) is 5.91 Å². The normalized spacial score (nSPS) is 10.4. The van der Waals surface area contributed by atoms with Crippen molar-refractivity contribution in [1.29, 1.82) is 0 Å². The van der Waals surface area contributed by atoms with Gasteiger partial charge in [-0.2, -0.15) is 0 Å². The summed E-state index contributed by atoms with van der Waals surface area (Å²) in [5, 5.41) is 0. The molecule has 0 aliphatic heterocycles. The van der Waals surface area contributed by atoms with Gasteiger partial charge in [-0.25, -0.2) is 4.98 Å². The Balaban J connectivity index is 2.19. The average molecular weight is 350 g/mol. The highest BCUT2D eigenvalue weighted by Crippen LogP contribution is 2.16. The van der Waals surface area contributed by atoms with Gasteiger partial charge in [-0.15, -0.1) is 0 Å². The number of hydrogen-bond acceptors (Lipinski definition) is 4. The number of aromatic nitrogens is 2. The second-order valence-electron chi connectivity index (χ2n) is 4.37. The summed E-state index contributed by atoms with van der Waals surface area (Å²) in [6, 6.07) is 9.22. The van der Waals surface area contributed by atoms with Crippen molar-refractivity contribution >= 4 is 21.8 Å². The Labute approximate surface area is 132 Å². The maximum absolute atomic E-state index is 12.6. The first-order valence-electron chi connectivity index (χ1n) is 6.51. The van der Waals surface area contributed by atoms with Gasteiger partial charge >= 0.3 is 0 Å². The molecule has 110 valence electrons. The van der Waals surface area contributed by atoms with Crippen molar-refractivity contribution in [1.82, 2.24) is 14.9 Å². The lowest BCUT2D eigenvalue weighted by Crippen LogP contribution is -2.34. The van der Waals surface area contributed by atoms with E-state index in [2.05, 4.69) is 25.9 Å². The van der Waals surface area contributed by atoms with Gasteiger partial charge in [0.1, 0.15) is 5.69 Å². The lowest BCUT2D eigenvalue weighted by atomic mass is 10.2. The Kier molecular flexibility index (Phi) is 5.83. The van der Waals surface area contributed by atoms with Gasteiger partial charge < -0.3 is 9.64 Å². The van der Waals surface area contributed by atoms with E-state index in [-0.39, 0.29) is 5.91 Å². The molecule has 2 aromatic rings. The highest BCUT2D eigenvalue weighted by atomic mass is 79.9. The molecule has 2 heterocycles. The highest BCUT2D eigenvalue weighted by Gasteiger charge is 2.19. The number of amides is 1. The van der Waals surface area contributed by atoms with Crippen molar-refractivity contribution < 1.29 is 9.53 Å². The van der Waals surface area contributed by atoms with Crippen LogP contribution in [0.2, 0.25) is 0 Å².